The highest BCUT2D eigenvalue weighted by atomic mass is 32.2. The van der Waals surface area contributed by atoms with Gasteiger partial charge in [0.25, 0.3) is 17.5 Å². The maximum atomic E-state index is 13.4. The smallest absolute Gasteiger partial charge is 0.269 e. The number of carbonyl (C=O) groups excluding carboxylic acids is 2. The van der Waals surface area contributed by atoms with Gasteiger partial charge in [-0.2, -0.15) is 0 Å². The summed E-state index contributed by atoms with van der Waals surface area (Å²) in [6, 6.07) is 15.6. The van der Waals surface area contributed by atoms with Crippen molar-refractivity contribution in [3.63, 3.8) is 0 Å². The van der Waals surface area contributed by atoms with Crippen LogP contribution in [0.25, 0.3) is 10.1 Å². The molecule has 214 valence electrons. The Bertz CT molecular complexity index is 1770. The summed E-state index contributed by atoms with van der Waals surface area (Å²) < 4.78 is 32.7. The molecule has 2 amide bonds. The number of hydrogen-bond donors (Lipinski definition) is 3. The number of amides is 2. The van der Waals surface area contributed by atoms with Crippen molar-refractivity contribution in [3.05, 3.63) is 86.8 Å². The van der Waals surface area contributed by atoms with E-state index < -0.39 is 26.8 Å². The maximum absolute atomic E-state index is 13.4. The number of non-ortho nitro benzene ring substituents is 1. The number of fused-ring (bicyclic) bond motifs is 1. The quantitative estimate of drug-likeness (QED) is 0.166. The van der Waals surface area contributed by atoms with E-state index in [-0.39, 0.29) is 28.1 Å². The second-order valence-corrected chi connectivity index (χ2v) is 13.1. The number of nitro groups is 1. The van der Waals surface area contributed by atoms with Crippen molar-refractivity contribution < 1.29 is 27.7 Å². The van der Waals surface area contributed by atoms with Gasteiger partial charge >= 0.3 is 0 Å². The van der Waals surface area contributed by atoms with E-state index in [2.05, 4.69) is 15.4 Å². The van der Waals surface area contributed by atoms with Crippen molar-refractivity contribution in [3.8, 4) is 5.75 Å². The number of benzene rings is 3. The number of ether oxygens (including phenoxy) is 1. The average molecular weight is 597 g/mol. The van der Waals surface area contributed by atoms with Crippen LogP contribution in [0.4, 0.5) is 22.7 Å². The first-order valence-corrected chi connectivity index (χ1v) is 15.0. The summed E-state index contributed by atoms with van der Waals surface area (Å²) >= 11 is 1.21. The number of hydrogen-bond acceptors (Lipinski definition) is 8. The number of nitro benzene ring substituents is 1. The fraction of sp³-hybridized carbons (Fsp3) is 0.214. The third kappa shape index (κ3) is 6.81. The number of rotatable bonds is 8. The predicted octanol–water partition coefficient (Wildman–Crippen LogP) is 5.99. The summed E-state index contributed by atoms with van der Waals surface area (Å²) in [6.07, 6.45) is 1.03. The molecule has 0 bridgehead atoms. The largest absolute Gasteiger partial charge is 0.492 e. The predicted molar refractivity (Wildman–Crippen MR) is 161 cm³/mol. The van der Waals surface area contributed by atoms with Gasteiger partial charge in [0.05, 0.1) is 34.5 Å². The molecule has 0 unspecified atom stereocenters. The second kappa shape index (κ2) is 11.2. The van der Waals surface area contributed by atoms with Gasteiger partial charge in [-0.25, -0.2) is 8.42 Å². The minimum Gasteiger partial charge on any atom is -0.492 e. The normalized spacial score (nSPS) is 11.6. The molecule has 0 aliphatic rings. The van der Waals surface area contributed by atoms with Crippen molar-refractivity contribution in [2.75, 3.05) is 28.7 Å². The first kappa shape index (κ1) is 29.5. The molecule has 0 aliphatic carbocycles. The lowest BCUT2D eigenvalue weighted by Gasteiger charge is -2.23. The molecule has 41 heavy (non-hydrogen) atoms. The lowest BCUT2D eigenvalue weighted by Crippen LogP contribution is -2.18. The van der Waals surface area contributed by atoms with Gasteiger partial charge in [-0.15, -0.1) is 11.3 Å². The molecule has 4 aromatic rings. The Morgan fingerprint density at radius 3 is 2.15 bits per heavy atom. The summed E-state index contributed by atoms with van der Waals surface area (Å²) in [4.78, 5) is 36.9. The van der Waals surface area contributed by atoms with E-state index in [1.54, 1.807) is 30.3 Å². The molecule has 1 aromatic heterocycles. The molecule has 0 atom stereocenters. The van der Waals surface area contributed by atoms with Crippen molar-refractivity contribution in [1.29, 1.82) is 0 Å². The number of methoxy groups -OCH3 is 1. The Hall–Kier alpha value is -4.49. The number of thiophene rings is 1. The summed E-state index contributed by atoms with van der Waals surface area (Å²) in [5, 5.41) is 17.2. The molecule has 11 nitrogen and oxygen atoms in total. The van der Waals surface area contributed by atoms with Crippen molar-refractivity contribution in [1.82, 2.24) is 0 Å². The molecule has 3 N–H and O–H groups in total. The van der Waals surface area contributed by atoms with Gasteiger partial charge in [-0.05, 0) is 53.4 Å². The van der Waals surface area contributed by atoms with E-state index in [0.717, 1.165) is 16.5 Å². The van der Waals surface area contributed by atoms with E-state index in [9.17, 15) is 28.1 Å². The zero-order chi connectivity index (χ0) is 30.1. The van der Waals surface area contributed by atoms with Gasteiger partial charge in [0.1, 0.15) is 0 Å². The summed E-state index contributed by atoms with van der Waals surface area (Å²) in [6.45, 7) is 5.88. The molecule has 13 heteroatoms. The van der Waals surface area contributed by atoms with E-state index >= 15 is 0 Å². The molecular weight excluding hydrogens is 568 g/mol. The fourth-order valence-corrected chi connectivity index (χ4v) is 5.58. The molecule has 0 saturated carbocycles. The van der Waals surface area contributed by atoms with Crippen LogP contribution in [0.3, 0.4) is 0 Å². The van der Waals surface area contributed by atoms with Crippen LogP contribution in [-0.2, 0) is 15.4 Å². The molecule has 0 spiro atoms. The molecule has 0 aliphatic heterocycles. The van der Waals surface area contributed by atoms with Gasteiger partial charge in [0.15, 0.2) is 5.75 Å². The Balaban J connectivity index is 1.65. The van der Waals surface area contributed by atoms with Crippen molar-refractivity contribution in [2.45, 2.75) is 26.2 Å². The summed E-state index contributed by atoms with van der Waals surface area (Å²) in [5.74, 6) is -0.748. The second-order valence-electron chi connectivity index (χ2n) is 10.3. The van der Waals surface area contributed by atoms with Gasteiger partial charge in [0.2, 0.25) is 10.0 Å². The molecule has 0 fully saturated rings. The van der Waals surface area contributed by atoms with Crippen LogP contribution in [-0.4, -0.2) is 38.5 Å². The fourth-order valence-electron chi connectivity index (χ4n) is 4.04. The van der Waals surface area contributed by atoms with Crippen LogP contribution in [0.1, 0.15) is 46.4 Å². The number of nitrogens with one attached hydrogen (secondary N) is 3. The number of anilines is 3. The zero-order valence-corrected chi connectivity index (χ0v) is 24.5. The topological polar surface area (TPSA) is 157 Å². The van der Waals surface area contributed by atoms with E-state index in [1.165, 1.54) is 42.7 Å². The zero-order valence-electron chi connectivity index (χ0n) is 22.9. The minimum absolute atomic E-state index is 0.124. The summed E-state index contributed by atoms with van der Waals surface area (Å²) in [7, 11) is -2.25. The van der Waals surface area contributed by atoms with Crippen LogP contribution >= 0.6 is 11.3 Å². The Kier molecular flexibility index (Phi) is 8.04. The van der Waals surface area contributed by atoms with Crippen LogP contribution in [0.2, 0.25) is 0 Å². The van der Waals surface area contributed by atoms with Gasteiger partial charge in [0, 0.05) is 33.5 Å². The maximum Gasteiger partial charge on any atom is 0.269 e. The number of sulfonamides is 1. The minimum atomic E-state index is -3.63. The standard InChI is InChI=1S/C28H28N4O7S2/c1-28(2,3)17-13-21(25(39-4)22(14-17)31-41(5,37)38)30-27(34)24-15-19-20(7-6-8-23(19)40-24)29-26(33)16-9-11-18(12-10-16)32(35)36/h6-15,31H,1-5H3,(H,29,33)(H,30,34). The highest BCUT2D eigenvalue weighted by Crippen LogP contribution is 2.40. The van der Waals surface area contributed by atoms with Crippen LogP contribution < -0.4 is 20.1 Å². The van der Waals surface area contributed by atoms with Crippen molar-refractivity contribution in [2.24, 2.45) is 0 Å². The third-order valence-corrected chi connectivity index (χ3v) is 7.77. The van der Waals surface area contributed by atoms with Gasteiger partial charge < -0.3 is 15.4 Å². The first-order valence-electron chi connectivity index (χ1n) is 12.3. The molecule has 3 aromatic carbocycles. The molecule has 0 saturated heterocycles. The highest BCUT2D eigenvalue weighted by molar-refractivity contribution is 7.92. The molecule has 1 heterocycles. The average Bonchev–Trinajstić information content (AvgIpc) is 3.33. The SMILES string of the molecule is COc1c(NC(=O)c2cc3c(NC(=O)c4ccc([N+](=O)[O-])cc4)cccc3s2)cc(C(C)(C)C)cc1NS(C)(=O)=O. The molecular formula is C28H28N4O7S2. The number of nitrogens with zero attached hydrogens (tertiary/aromatic N) is 1. The van der Waals surface area contributed by atoms with Crippen LogP contribution in [0.15, 0.2) is 60.7 Å². The van der Waals surface area contributed by atoms with Gasteiger partial charge in [-0.1, -0.05) is 26.8 Å². The van der Waals surface area contributed by atoms with Crippen molar-refractivity contribution >= 4 is 66.0 Å². The Morgan fingerprint density at radius 1 is 0.927 bits per heavy atom. The summed E-state index contributed by atoms with van der Waals surface area (Å²) in [5.41, 5.74) is 1.48. The van der Waals surface area contributed by atoms with Gasteiger partial charge in [-0.3, -0.25) is 24.4 Å². The van der Waals surface area contributed by atoms with E-state index in [4.69, 9.17) is 4.74 Å². The molecule has 0 radical (unpaired) electrons. The Labute approximate surface area is 240 Å². The molecule has 4 rings (SSSR count). The lowest BCUT2D eigenvalue weighted by atomic mass is 9.86. The van der Waals surface area contributed by atoms with Crippen LogP contribution in [0, 0.1) is 10.1 Å². The monoisotopic (exact) mass is 596 g/mol. The van der Waals surface area contributed by atoms with E-state index in [1.807, 2.05) is 26.8 Å². The Morgan fingerprint density at radius 2 is 1.56 bits per heavy atom. The third-order valence-electron chi connectivity index (χ3n) is 6.08. The highest BCUT2D eigenvalue weighted by Gasteiger charge is 2.23. The first-order chi connectivity index (χ1) is 19.2. The lowest BCUT2D eigenvalue weighted by molar-refractivity contribution is -0.384. The van der Waals surface area contributed by atoms with E-state index in [0.29, 0.717) is 21.6 Å². The number of carbonyl (C=O) groups is 2. The van der Waals surface area contributed by atoms with Crippen LogP contribution in [0.5, 0.6) is 5.75 Å².